The van der Waals surface area contributed by atoms with Crippen LogP contribution in [0, 0.1) is 20.8 Å². The number of Topliss-reactive ketones (excluding diaryl/α,β-unsaturated/α-hetero) is 1. The number of ether oxygens (including phenoxy) is 5. The Morgan fingerprint density at radius 2 is 0.733 bits per heavy atom. The molecule has 7 N–H and O–H groups in total. The quantitative estimate of drug-likeness (QED) is 0.0153. The number of hydrogen-bond acceptors (Lipinski definition) is 19. The summed E-state index contributed by atoms with van der Waals surface area (Å²) >= 11 is 0. The van der Waals surface area contributed by atoms with Gasteiger partial charge in [0, 0.05) is 68.5 Å². The number of rotatable bonds is 31. The summed E-state index contributed by atoms with van der Waals surface area (Å²) in [7, 11) is 0.791. The molecule has 2 fully saturated rings. The van der Waals surface area contributed by atoms with Gasteiger partial charge in [0.2, 0.25) is 0 Å². The number of hydrogen-bond donors (Lipinski definition) is 5. The third-order valence-electron chi connectivity index (χ3n) is 23.5. The standard InChI is InChI=1S/C55H52N4O6.C39H36N4O7.C15H17NO.CH6NP/c1-39-23-27-41(28-24-39)49(42-29-25-40(2)26-30-42)35-47(60)31-32-52(61)64-38-48-36-58(37-51(65-48)59-34-33-50(57-54(59)63)56-53(62)43-15-7-3-8-16-43)55(44-17-9-4-10-18-44,45-19-11-5-12-20-45)46-21-13-6-14-22-46;44-35(45)21-22-36(46)49-27-32-25-42(26-34(50-32)43-24-23-33(41-38(43)48)40-37(47)28-13-5-1-6-14-28)39(29-15-7-2-8-16-29,30-17-9-3-10-18-30)31-19-11-4-12-20-31;1-11-3-5-12(6-4-11)15(16)13-7-9-14(17-2)10-8-13;1-3-2/h3-30,33-34,48-49,51H,31-32,35-38H2,1-2H3,(H,56,57,62,63);1-20,23-24,32,34H,21-22,25-27H2,(H,44,45)(H,40,41,47,48);3-10,15H,16H2,1-2H3;3H,2H2,1H3/t48-,51+;32-,34+;;/m00../s1/i;;;3D. The summed E-state index contributed by atoms with van der Waals surface area (Å²) in [4.78, 5) is 117. The van der Waals surface area contributed by atoms with Gasteiger partial charge < -0.3 is 50.7 Å². The minimum absolute atomic E-state index is 0.0285. The monoisotopic (exact) mass is 1830 g/mol. The van der Waals surface area contributed by atoms with Crippen molar-refractivity contribution in [2.75, 3.05) is 63.8 Å². The molecule has 0 aliphatic carbocycles. The van der Waals surface area contributed by atoms with E-state index < -0.39 is 85.5 Å². The highest BCUT2D eigenvalue weighted by Crippen LogP contribution is 2.47. The smallest absolute Gasteiger partial charge is 0.351 e. The minimum atomic E-state index is -1.10. The molecule has 2 amide bonds. The lowest BCUT2D eigenvalue weighted by Crippen LogP contribution is -2.58. The third-order valence-corrected chi connectivity index (χ3v) is 23.5. The summed E-state index contributed by atoms with van der Waals surface area (Å²) in [5, 5.41) is 14.4. The maximum Gasteiger partial charge on any atom is 0.351 e. The van der Waals surface area contributed by atoms with Crippen LogP contribution >= 0.6 is 8.68 Å². The number of ketones is 1. The lowest BCUT2D eigenvalue weighted by molar-refractivity contribution is -0.171. The Balaban J connectivity index is 0.000000193. The van der Waals surface area contributed by atoms with Gasteiger partial charge in [-0.3, -0.25) is 47.7 Å². The normalized spacial score (nSPS) is 15.4. The van der Waals surface area contributed by atoms with Crippen molar-refractivity contribution in [2.24, 2.45) is 11.2 Å². The number of anilines is 2. The summed E-state index contributed by atoms with van der Waals surface area (Å²) in [6.45, 7) is 8.57. The second kappa shape index (κ2) is 48.2. The van der Waals surface area contributed by atoms with Crippen LogP contribution in [0.3, 0.4) is 0 Å². The SMILES string of the molecule is COc1ccc(C(N)c2ccc(C)cc2)cc1.Cc1ccc(C(CC(=O)CCC(=O)OC[C@@H]2CN(C(c3ccccc3)(c3ccccc3)c3ccccc3)C[C@H](n3ccc(NC(=O)c4ccccc4)nc3=O)O2)c2ccc(C)cc2)cc1.O=C(O)CCC(=O)OC[C@@H]1CN(C(c2ccccc2)(c2ccccc2)c2ccccc2)C[C@H](n2ccc(NC(=O)c3ccccc3)nc2=O)O1.[2H]P(C)N. The first kappa shape index (κ1) is 96.5. The Morgan fingerprint density at radius 1 is 0.437 bits per heavy atom. The number of nitrogens with two attached hydrogens (primary N) is 2. The minimum Gasteiger partial charge on any atom is -0.497 e. The molecule has 0 bridgehead atoms. The van der Waals surface area contributed by atoms with Gasteiger partial charge in [0.1, 0.15) is 48.6 Å². The van der Waals surface area contributed by atoms with E-state index in [9.17, 15) is 38.4 Å². The van der Waals surface area contributed by atoms with E-state index in [1.165, 1.54) is 27.0 Å². The van der Waals surface area contributed by atoms with Gasteiger partial charge in [0.25, 0.3) is 11.8 Å². The van der Waals surface area contributed by atoms with Gasteiger partial charge in [-0.05, 0) is 132 Å². The molecular weight excluding hydrogens is 1720 g/mol. The van der Waals surface area contributed by atoms with E-state index in [4.69, 9.17) is 41.3 Å². The number of carbonyl (C=O) groups excluding carboxylic acids is 5. The van der Waals surface area contributed by atoms with Crippen molar-refractivity contribution in [3.63, 3.8) is 0 Å². The van der Waals surface area contributed by atoms with Crippen LogP contribution in [-0.2, 0) is 49.2 Å². The fourth-order valence-electron chi connectivity index (χ4n) is 16.9. The summed E-state index contributed by atoms with van der Waals surface area (Å²) in [6.07, 6.45) is -0.560. The molecule has 2 aliphatic rings. The molecule has 25 heteroatoms. The zero-order chi connectivity index (χ0) is 95.9. The Bertz CT molecular complexity index is 6110. The number of morpholine rings is 2. The van der Waals surface area contributed by atoms with Crippen LogP contribution in [0.1, 0.15) is 150 Å². The van der Waals surface area contributed by atoms with Gasteiger partial charge in [-0.15, -0.1) is 0 Å². The maximum atomic E-state index is 13.9. The van der Waals surface area contributed by atoms with Crippen molar-refractivity contribution in [2.45, 2.75) is 101 Å². The average Bonchev–Trinajstić information content (AvgIpc) is 0.732. The molecule has 0 radical (unpaired) electrons. The number of aryl methyl sites for hydroxylation is 3. The van der Waals surface area contributed by atoms with Gasteiger partial charge in [0.05, 0.1) is 44.8 Å². The highest BCUT2D eigenvalue weighted by atomic mass is 31.1. The van der Waals surface area contributed by atoms with Crippen LogP contribution in [0.5, 0.6) is 5.75 Å². The number of benzene rings is 12. The van der Waals surface area contributed by atoms with Crippen LogP contribution < -0.4 is 38.0 Å². The topological polar surface area (TPSA) is 321 Å². The number of amides is 2. The predicted octanol–water partition coefficient (Wildman–Crippen LogP) is 17.7. The molecule has 0 saturated carbocycles. The Morgan fingerprint density at radius 3 is 1.04 bits per heavy atom. The molecule has 16 rings (SSSR count). The lowest BCUT2D eigenvalue weighted by atomic mass is 9.75. The van der Waals surface area contributed by atoms with Crippen LogP contribution in [0.2, 0.25) is 0 Å². The van der Waals surface area contributed by atoms with Crippen molar-refractivity contribution < 1.29 is 57.6 Å². The summed E-state index contributed by atoms with van der Waals surface area (Å²) < 4.78 is 38.9. The maximum absolute atomic E-state index is 13.9. The number of carbonyl (C=O) groups is 6. The van der Waals surface area contributed by atoms with Gasteiger partial charge in [0.15, 0.2) is 12.5 Å². The fourth-order valence-corrected chi connectivity index (χ4v) is 16.9. The zero-order valence-corrected chi connectivity index (χ0v) is 76.8. The molecule has 6 atom stereocenters. The second-order valence-corrected chi connectivity index (χ2v) is 33.3. The summed E-state index contributed by atoms with van der Waals surface area (Å²) in [5.41, 5.74) is 22.6. The van der Waals surface area contributed by atoms with Crippen molar-refractivity contribution in [3.8, 4) is 5.75 Å². The number of aliphatic carboxylic acids is 1. The zero-order valence-electron chi connectivity index (χ0n) is 76.9. The molecule has 0 spiro atoms. The van der Waals surface area contributed by atoms with E-state index in [2.05, 4.69) is 183 Å². The molecule has 690 valence electrons. The van der Waals surface area contributed by atoms with Gasteiger partial charge in [-0.1, -0.05) is 329 Å². The molecule has 24 nitrogen and oxygen atoms in total. The highest BCUT2D eigenvalue weighted by molar-refractivity contribution is 7.34. The second-order valence-electron chi connectivity index (χ2n) is 32.8. The largest absolute Gasteiger partial charge is 0.497 e. The number of nitrogens with zero attached hydrogens (tertiary/aromatic N) is 6. The number of aromatic nitrogens is 4. The van der Waals surface area contributed by atoms with E-state index in [0.29, 0.717) is 17.7 Å². The third kappa shape index (κ3) is 25.6. The molecule has 12 aromatic carbocycles. The van der Waals surface area contributed by atoms with Crippen LogP contribution in [0.4, 0.5) is 11.6 Å². The Labute approximate surface area is 789 Å². The lowest BCUT2D eigenvalue weighted by Gasteiger charge is -2.50. The molecule has 2 aromatic heterocycles. The molecule has 2 unspecified atom stereocenters. The van der Waals surface area contributed by atoms with Gasteiger partial charge in [-0.2, -0.15) is 9.97 Å². The van der Waals surface area contributed by atoms with E-state index in [1.54, 1.807) is 80.6 Å². The van der Waals surface area contributed by atoms with Crippen LogP contribution in [0.15, 0.2) is 374 Å². The molecule has 2 aliphatic heterocycles. The van der Waals surface area contributed by atoms with E-state index in [1.807, 2.05) is 153 Å². The van der Waals surface area contributed by atoms with E-state index in [0.717, 1.165) is 72.5 Å². The molecule has 14 aromatic rings. The highest BCUT2D eigenvalue weighted by Gasteiger charge is 2.49. The van der Waals surface area contributed by atoms with Crippen molar-refractivity contribution >= 4 is 55.8 Å². The van der Waals surface area contributed by atoms with Crippen molar-refractivity contribution in [1.82, 2.24) is 28.9 Å². The average molecular weight is 1830 g/mol. The van der Waals surface area contributed by atoms with Gasteiger partial charge >= 0.3 is 29.3 Å². The molecular formula is C110H111N10O14P. The van der Waals surface area contributed by atoms with E-state index in [-0.39, 0.29) is 94.3 Å². The summed E-state index contributed by atoms with van der Waals surface area (Å²) in [5.74, 6) is -2.23. The Kier molecular flexibility index (Phi) is 34.4. The summed E-state index contributed by atoms with van der Waals surface area (Å²) in [6, 6.07) is 114. The van der Waals surface area contributed by atoms with Crippen LogP contribution in [0.25, 0.3) is 0 Å². The molecule has 2 saturated heterocycles. The number of esters is 2. The molecule has 135 heavy (non-hydrogen) atoms. The first-order valence-electron chi connectivity index (χ1n) is 45.1. The number of methoxy groups -OCH3 is 1. The first-order valence-corrected chi connectivity index (χ1v) is 46.0. The Hall–Kier alpha value is -14.6. The number of nitrogens with one attached hydrogen (secondary N) is 2. The molecule has 4 heterocycles. The first-order chi connectivity index (χ1) is 65.9. The van der Waals surface area contributed by atoms with Crippen molar-refractivity contribution in [3.05, 3.63) is 469 Å². The van der Waals surface area contributed by atoms with Crippen molar-refractivity contribution in [1.29, 1.82) is 1.28 Å². The van der Waals surface area contributed by atoms with E-state index >= 15 is 0 Å². The number of carboxylic acids is 1. The fraction of sp³-hybridized carbons (Fsp3) is 0.218. The van der Waals surface area contributed by atoms with Gasteiger partial charge in [-0.25, -0.2) is 9.59 Å². The predicted molar refractivity (Wildman–Crippen MR) is 526 cm³/mol. The number of carboxylic acid groups (broad SMARTS) is 1. The van der Waals surface area contributed by atoms with Crippen LogP contribution in [-0.4, -0.2) is 136 Å².